The number of nitrogens with zero attached hydrogens (tertiary/aromatic N) is 1. The minimum atomic E-state index is -3.70. The molecule has 1 saturated heterocycles. The minimum Gasteiger partial charge on any atom is -0.506 e. The molecule has 2 aromatic carbocycles. The summed E-state index contributed by atoms with van der Waals surface area (Å²) in [6.45, 7) is 0.414. The Hall–Kier alpha value is -2.45. The molecule has 0 aromatic heterocycles. The molecule has 3 rings (SSSR count). The number of aromatic hydroxyl groups is 1. The second-order valence-corrected chi connectivity index (χ2v) is 8.08. The molecule has 0 saturated carbocycles. The highest BCUT2D eigenvalue weighted by Gasteiger charge is 2.32. The zero-order valence-electron chi connectivity index (χ0n) is 13.9. The van der Waals surface area contributed by atoms with Crippen molar-refractivity contribution >= 4 is 21.6 Å². The highest BCUT2D eigenvalue weighted by atomic mass is 32.2. The van der Waals surface area contributed by atoms with Crippen LogP contribution in [0.25, 0.3) is 0 Å². The maximum atomic E-state index is 13.0. The molecule has 2 aromatic rings. The first-order valence-corrected chi connectivity index (χ1v) is 9.66. The summed E-state index contributed by atoms with van der Waals surface area (Å²) in [6, 6.07) is 11.1. The van der Waals surface area contributed by atoms with Crippen LogP contribution in [0, 0.1) is 11.7 Å². The summed E-state index contributed by atoms with van der Waals surface area (Å²) in [5.74, 6) is -1.10. The number of piperidine rings is 1. The molecular formula is C18H19FN2O4S. The number of hydrogen-bond acceptors (Lipinski definition) is 4. The SMILES string of the molecule is O=C(Nc1ccccc1O)C1CCN(S(=O)(=O)c2ccc(F)cc2)CC1. The average Bonchev–Trinajstić information content (AvgIpc) is 2.64. The van der Waals surface area contributed by atoms with E-state index in [0.717, 1.165) is 12.1 Å². The average molecular weight is 378 g/mol. The third-order valence-corrected chi connectivity index (χ3v) is 6.35. The number of sulfonamides is 1. The summed E-state index contributed by atoms with van der Waals surface area (Å²) in [6.07, 6.45) is 0.750. The van der Waals surface area contributed by atoms with E-state index >= 15 is 0 Å². The number of hydrogen-bond donors (Lipinski definition) is 2. The highest BCUT2D eigenvalue weighted by molar-refractivity contribution is 7.89. The number of nitrogens with one attached hydrogen (secondary N) is 1. The maximum absolute atomic E-state index is 13.0. The molecule has 0 aliphatic carbocycles. The normalized spacial score (nSPS) is 16.3. The molecule has 8 heteroatoms. The van der Waals surface area contributed by atoms with Crippen LogP contribution in [0.3, 0.4) is 0 Å². The van der Waals surface area contributed by atoms with Crippen LogP contribution in [0.5, 0.6) is 5.75 Å². The predicted octanol–water partition coefficient (Wildman–Crippen LogP) is 2.57. The van der Waals surface area contributed by atoms with Crippen molar-refractivity contribution in [1.29, 1.82) is 0 Å². The zero-order chi connectivity index (χ0) is 18.7. The highest BCUT2D eigenvalue weighted by Crippen LogP contribution is 2.27. The van der Waals surface area contributed by atoms with E-state index in [4.69, 9.17) is 0 Å². The monoisotopic (exact) mass is 378 g/mol. The number of phenolic OH excluding ortho intramolecular Hbond substituents is 1. The van der Waals surface area contributed by atoms with Crippen LogP contribution in [0.2, 0.25) is 0 Å². The fraction of sp³-hybridized carbons (Fsp3) is 0.278. The Bertz CT molecular complexity index is 892. The van der Waals surface area contributed by atoms with Crippen molar-refractivity contribution in [2.24, 2.45) is 5.92 Å². The second kappa shape index (κ2) is 7.43. The molecule has 0 bridgehead atoms. The number of anilines is 1. The van der Waals surface area contributed by atoms with E-state index < -0.39 is 15.8 Å². The third-order valence-electron chi connectivity index (χ3n) is 4.44. The fourth-order valence-corrected chi connectivity index (χ4v) is 4.40. The number of carbonyl (C=O) groups is 1. The number of benzene rings is 2. The molecule has 0 unspecified atom stereocenters. The number of halogens is 1. The number of carbonyl (C=O) groups excluding carboxylic acids is 1. The van der Waals surface area contributed by atoms with Crippen molar-refractivity contribution in [1.82, 2.24) is 4.31 Å². The summed E-state index contributed by atoms with van der Waals surface area (Å²) in [5.41, 5.74) is 0.332. The Morgan fingerprint density at radius 2 is 1.69 bits per heavy atom. The van der Waals surface area contributed by atoms with Gasteiger partial charge in [0.15, 0.2) is 0 Å². The first-order chi connectivity index (χ1) is 12.4. The van der Waals surface area contributed by atoms with E-state index in [-0.39, 0.29) is 35.6 Å². The number of para-hydroxylation sites is 2. The van der Waals surface area contributed by atoms with Gasteiger partial charge in [0.05, 0.1) is 10.6 Å². The van der Waals surface area contributed by atoms with Gasteiger partial charge in [0, 0.05) is 19.0 Å². The molecule has 1 aliphatic heterocycles. The first-order valence-electron chi connectivity index (χ1n) is 8.22. The lowest BCUT2D eigenvalue weighted by atomic mass is 9.97. The lowest BCUT2D eigenvalue weighted by Gasteiger charge is -2.30. The van der Waals surface area contributed by atoms with Crippen molar-refractivity contribution in [3.05, 3.63) is 54.3 Å². The molecule has 0 radical (unpaired) electrons. The molecular weight excluding hydrogens is 359 g/mol. The van der Waals surface area contributed by atoms with Crippen molar-refractivity contribution in [2.45, 2.75) is 17.7 Å². The Balaban J connectivity index is 1.62. The van der Waals surface area contributed by atoms with Gasteiger partial charge in [-0.3, -0.25) is 4.79 Å². The zero-order valence-corrected chi connectivity index (χ0v) is 14.7. The Kier molecular flexibility index (Phi) is 5.24. The van der Waals surface area contributed by atoms with E-state index in [2.05, 4.69) is 5.32 Å². The molecule has 1 amide bonds. The summed E-state index contributed by atoms with van der Waals surface area (Å²) >= 11 is 0. The van der Waals surface area contributed by atoms with E-state index in [1.165, 1.54) is 22.5 Å². The van der Waals surface area contributed by atoms with Gasteiger partial charge in [-0.25, -0.2) is 12.8 Å². The van der Waals surface area contributed by atoms with E-state index in [1.54, 1.807) is 18.2 Å². The topological polar surface area (TPSA) is 86.7 Å². The molecule has 2 N–H and O–H groups in total. The second-order valence-electron chi connectivity index (χ2n) is 6.14. The van der Waals surface area contributed by atoms with Crippen LogP contribution >= 0.6 is 0 Å². The summed E-state index contributed by atoms with van der Waals surface area (Å²) in [4.78, 5) is 12.4. The van der Waals surface area contributed by atoms with Gasteiger partial charge in [-0.2, -0.15) is 4.31 Å². The largest absolute Gasteiger partial charge is 0.506 e. The number of phenols is 1. The quantitative estimate of drug-likeness (QED) is 0.801. The Morgan fingerprint density at radius 1 is 1.08 bits per heavy atom. The maximum Gasteiger partial charge on any atom is 0.243 e. The fourth-order valence-electron chi connectivity index (χ4n) is 2.93. The van der Waals surface area contributed by atoms with Gasteiger partial charge in [0.25, 0.3) is 0 Å². The Morgan fingerprint density at radius 3 is 2.31 bits per heavy atom. The molecule has 1 fully saturated rings. The van der Waals surface area contributed by atoms with Gasteiger partial charge in [0.2, 0.25) is 15.9 Å². The van der Waals surface area contributed by atoms with Crippen LogP contribution in [-0.2, 0) is 14.8 Å². The van der Waals surface area contributed by atoms with Crippen molar-refractivity contribution in [3.8, 4) is 5.75 Å². The molecule has 0 spiro atoms. The number of amides is 1. The summed E-state index contributed by atoms with van der Waals surface area (Å²) in [7, 11) is -3.70. The van der Waals surface area contributed by atoms with Crippen LogP contribution in [-0.4, -0.2) is 36.8 Å². The van der Waals surface area contributed by atoms with Crippen molar-refractivity contribution in [2.75, 3.05) is 18.4 Å². The molecule has 6 nitrogen and oxygen atoms in total. The van der Waals surface area contributed by atoms with Gasteiger partial charge in [-0.15, -0.1) is 0 Å². The summed E-state index contributed by atoms with van der Waals surface area (Å²) in [5, 5.41) is 12.4. The van der Waals surface area contributed by atoms with Gasteiger partial charge in [-0.1, -0.05) is 12.1 Å². The molecule has 0 atom stereocenters. The number of rotatable bonds is 4. The molecule has 1 heterocycles. The van der Waals surface area contributed by atoms with Gasteiger partial charge in [0.1, 0.15) is 11.6 Å². The third kappa shape index (κ3) is 3.86. The van der Waals surface area contributed by atoms with Gasteiger partial charge < -0.3 is 10.4 Å². The molecule has 138 valence electrons. The van der Waals surface area contributed by atoms with Crippen molar-refractivity contribution < 1.29 is 22.7 Å². The first kappa shape index (κ1) is 18.3. The molecule has 1 aliphatic rings. The van der Waals surface area contributed by atoms with E-state index in [0.29, 0.717) is 18.5 Å². The van der Waals surface area contributed by atoms with Crippen LogP contribution in [0.1, 0.15) is 12.8 Å². The van der Waals surface area contributed by atoms with Gasteiger partial charge >= 0.3 is 0 Å². The van der Waals surface area contributed by atoms with Crippen LogP contribution in [0.15, 0.2) is 53.4 Å². The predicted molar refractivity (Wildman–Crippen MR) is 94.6 cm³/mol. The van der Waals surface area contributed by atoms with Gasteiger partial charge in [-0.05, 0) is 49.2 Å². The smallest absolute Gasteiger partial charge is 0.243 e. The van der Waals surface area contributed by atoms with Crippen molar-refractivity contribution in [3.63, 3.8) is 0 Å². The molecule has 26 heavy (non-hydrogen) atoms. The van der Waals surface area contributed by atoms with E-state index in [9.17, 15) is 22.7 Å². The van der Waals surface area contributed by atoms with Crippen LogP contribution < -0.4 is 5.32 Å². The van der Waals surface area contributed by atoms with Crippen LogP contribution in [0.4, 0.5) is 10.1 Å². The van der Waals surface area contributed by atoms with E-state index in [1.807, 2.05) is 0 Å². The summed E-state index contributed by atoms with van der Waals surface area (Å²) < 4.78 is 39.5. The standard InChI is InChI=1S/C18H19FN2O4S/c19-14-5-7-15(8-6-14)26(24,25)21-11-9-13(10-12-21)18(23)20-16-3-1-2-4-17(16)22/h1-8,13,22H,9-12H2,(H,20,23). The lowest BCUT2D eigenvalue weighted by molar-refractivity contribution is -0.120. The minimum absolute atomic E-state index is 0.0165. The lowest BCUT2D eigenvalue weighted by Crippen LogP contribution is -2.41. The Labute approximate surface area is 151 Å².